The Hall–Kier alpha value is -1.30. The molecule has 0 spiro atoms. The van der Waals surface area contributed by atoms with Crippen LogP contribution in [-0.4, -0.2) is 29.3 Å². The Morgan fingerprint density at radius 1 is 1.38 bits per heavy atom. The van der Waals surface area contributed by atoms with Gasteiger partial charge in [-0.2, -0.15) is 0 Å². The molecule has 0 aliphatic heterocycles. The molecule has 5 nitrogen and oxygen atoms in total. The van der Waals surface area contributed by atoms with Gasteiger partial charge in [-0.1, -0.05) is 35.3 Å². The van der Waals surface area contributed by atoms with Gasteiger partial charge in [0.05, 0.1) is 0 Å². The van der Waals surface area contributed by atoms with E-state index in [1.54, 1.807) is 12.1 Å². The number of hydrogen-bond donors (Lipinski definition) is 4. The van der Waals surface area contributed by atoms with Crippen molar-refractivity contribution in [3.8, 4) is 0 Å². The predicted octanol–water partition coefficient (Wildman–Crippen LogP) is 1.93. The minimum atomic E-state index is 0.0492. The highest BCUT2D eigenvalue weighted by Gasteiger charge is 2.25. The summed E-state index contributed by atoms with van der Waals surface area (Å²) in [6.07, 6.45) is 3.50. The van der Waals surface area contributed by atoms with Crippen molar-refractivity contribution in [2.24, 2.45) is 22.7 Å². The number of rotatable bonds is 6. The zero-order chi connectivity index (χ0) is 15.2. The van der Waals surface area contributed by atoms with Crippen LogP contribution in [0.5, 0.6) is 0 Å². The van der Waals surface area contributed by atoms with Crippen molar-refractivity contribution < 1.29 is 10.3 Å². The fraction of sp³-hybridized carbons (Fsp3) is 0.533. The Labute approximate surface area is 129 Å². The molecule has 2 rings (SSSR count). The van der Waals surface area contributed by atoms with Crippen LogP contribution in [0.4, 0.5) is 0 Å². The largest absolute Gasteiger partial charge is 0.409 e. The summed E-state index contributed by atoms with van der Waals surface area (Å²) in [7, 11) is 0. The lowest BCUT2D eigenvalue weighted by molar-refractivity contribution is 0.192. The lowest BCUT2D eigenvalue weighted by Gasteiger charge is -2.18. The third kappa shape index (κ3) is 4.09. The summed E-state index contributed by atoms with van der Waals surface area (Å²) in [4.78, 5) is 0. The summed E-state index contributed by atoms with van der Waals surface area (Å²) < 4.78 is 0. The minimum absolute atomic E-state index is 0.0492. The number of nitrogens with two attached hydrogens (primary N) is 1. The molecular formula is C15H22ClN3O2. The number of benzene rings is 1. The van der Waals surface area contributed by atoms with E-state index in [0.29, 0.717) is 29.0 Å². The number of amidine groups is 1. The molecule has 5 N–H and O–H groups in total. The van der Waals surface area contributed by atoms with Gasteiger partial charge in [-0.15, -0.1) is 0 Å². The second-order valence-electron chi connectivity index (χ2n) is 5.56. The molecule has 1 aliphatic carbocycles. The molecule has 0 radical (unpaired) electrons. The Balaban J connectivity index is 1.89. The molecule has 0 bridgehead atoms. The van der Waals surface area contributed by atoms with Crippen molar-refractivity contribution in [1.29, 1.82) is 0 Å². The van der Waals surface area contributed by atoms with Gasteiger partial charge < -0.3 is 21.4 Å². The first-order valence-corrected chi connectivity index (χ1v) is 7.61. The van der Waals surface area contributed by atoms with E-state index >= 15 is 0 Å². The number of oxime groups is 1. The third-order valence-electron chi connectivity index (χ3n) is 4.23. The normalized spacial score (nSPS) is 22.7. The molecule has 0 amide bonds. The van der Waals surface area contributed by atoms with Crippen LogP contribution in [0.25, 0.3) is 0 Å². The topological polar surface area (TPSA) is 90.9 Å². The Morgan fingerprint density at radius 3 is 2.81 bits per heavy atom. The number of nitrogens with one attached hydrogen (secondary N) is 1. The van der Waals surface area contributed by atoms with Gasteiger partial charge >= 0.3 is 0 Å². The van der Waals surface area contributed by atoms with Gasteiger partial charge in [0.2, 0.25) is 0 Å². The highest BCUT2D eigenvalue weighted by Crippen LogP contribution is 2.30. The molecule has 1 aromatic carbocycles. The van der Waals surface area contributed by atoms with E-state index in [9.17, 15) is 5.11 Å². The molecule has 1 aromatic rings. The smallest absolute Gasteiger partial charge is 0.170 e. The van der Waals surface area contributed by atoms with Crippen molar-refractivity contribution in [2.75, 3.05) is 13.2 Å². The Kier molecular flexibility index (Phi) is 5.85. The van der Waals surface area contributed by atoms with Gasteiger partial charge in [0.25, 0.3) is 0 Å². The molecule has 6 heteroatoms. The number of nitrogens with zero attached hydrogens (tertiary/aromatic N) is 1. The van der Waals surface area contributed by atoms with Crippen LogP contribution in [0.2, 0.25) is 5.02 Å². The Morgan fingerprint density at radius 2 is 2.14 bits per heavy atom. The maximum Gasteiger partial charge on any atom is 0.170 e. The number of aliphatic hydroxyl groups is 1. The van der Waals surface area contributed by atoms with E-state index in [0.717, 1.165) is 18.5 Å². The molecule has 2 atom stereocenters. The average molecular weight is 312 g/mol. The van der Waals surface area contributed by atoms with Gasteiger partial charge in [0, 0.05) is 23.7 Å². The molecule has 0 saturated heterocycles. The van der Waals surface area contributed by atoms with Gasteiger partial charge in [-0.05, 0) is 42.9 Å². The second kappa shape index (κ2) is 7.64. The standard InChI is InChI=1S/C15H22ClN3O2/c16-14-6-10(15(17)19-21)4-5-12(14)8-18-7-11-2-1-3-13(11)9-20/h4-6,11,13,18,20-21H,1-3,7-9H2,(H2,17,19). The predicted molar refractivity (Wildman–Crippen MR) is 83.6 cm³/mol. The molecular weight excluding hydrogens is 290 g/mol. The number of halogens is 1. The SMILES string of the molecule is N/C(=N/O)c1ccc(CNCC2CCCC2CO)c(Cl)c1. The van der Waals surface area contributed by atoms with Crippen LogP contribution in [0.15, 0.2) is 23.4 Å². The number of hydrogen-bond acceptors (Lipinski definition) is 4. The lowest BCUT2D eigenvalue weighted by Crippen LogP contribution is -2.26. The highest BCUT2D eigenvalue weighted by molar-refractivity contribution is 6.31. The summed E-state index contributed by atoms with van der Waals surface area (Å²) in [6, 6.07) is 5.35. The van der Waals surface area contributed by atoms with Crippen LogP contribution in [0.1, 0.15) is 30.4 Å². The highest BCUT2D eigenvalue weighted by atomic mass is 35.5. The molecule has 0 heterocycles. The molecule has 21 heavy (non-hydrogen) atoms. The summed E-state index contributed by atoms with van der Waals surface area (Å²) in [5, 5.41) is 24.9. The first-order valence-electron chi connectivity index (χ1n) is 7.23. The maximum absolute atomic E-state index is 9.31. The van der Waals surface area contributed by atoms with E-state index in [-0.39, 0.29) is 12.4 Å². The van der Waals surface area contributed by atoms with E-state index in [1.165, 1.54) is 12.8 Å². The van der Waals surface area contributed by atoms with Gasteiger partial charge in [0.15, 0.2) is 5.84 Å². The van der Waals surface area contributed by atoms with Crippen molar-refractivity contribution in [3.05, 3.63) is 34.3 Å². The quantitative estimate of drug-likeness (QED) is 0.280. The summed E-state index contributed by atoms with van der Waals surface area (Å²) in [5.41, 5.74) is 7.10. The Bertz CT molecular complexity index is 508. The minimum Gasteiger partial charge on any atom is -0.409 e. The fourth-order valence-corrected chi connectivity index (χ4v) is 3.17. The van der Waals surface area contributed by atoms with Crippen LogP contribution in [0, 0.1) is 11.8 Å². The molecule has 0 aromatic heterocycles. The molecule has 116 valence electrons. The van der Waals surface area contributed by atoms with Crippen molar-refractivity contribution in [2.45, 2.75) is 25.8 Å². The molecule has 1 fully saturated rings. The zero-order valence-electron chi connectivity index (χ0n) is 11.9. The molecule has 2 unspecified atom stereocenters. The molecule has 1 saturated carbocycles. The van der Waals surface area contributed by atoms with Gasteiger partial charge in [-0.3, -0.25) is 0 Å². The first kappa shape index (κ1) is 16.1. The summed E-state index contributed by atoms with van der Waals surface area (Å²) in [6.45, 7) is 1.84. The van der Waals surface area contributed by atoms with Crippen LogP contribution >= 0.6 is 11.6 Å². The maximum atomic E-state index is 9.31. The monoisotopic (exact) mass is 311 g/mol. The van der Waals surface area contributed by atoms with E-state index in [4.69, 9.17) is 22.5 Å². The third-order valence-corrected chi connectivity index (χ3v) is 4.58. The second-order valence-corrected chi connectivity index (χ2v) is 5.96. The van der Waals surface area contributed by atoms with E-state index < -0.39 is 0 Å². The fourth-order valence-electron chi connectivity index (χ4n) is 2.92. The van der Waals surface area contributed by atoms with E-state index in [1.807, 2.05) is 6.07 Å². The first-order chi connectivity index (χ1) is 10.2. The average Bonchev–Trinajstić information content (AvgIpc) is 2.95. The summed E-state index contributed by atoms with van der Waals surface area (Å²) >= 11 is 6.21. The van der Waals surface area contributed by atoms with Crippen LogP contribution in [0.3, 0.4) is 0 Å². The van der Waals surface area contributed by atoms with Crippen LogP contribution < -0.4 is 11.1 Å². The van der Waals surface area contributed by atoms with Crippen LogP contribution in [-0.2, 0) is 6.54 Å². The molecule has 1 aliphatic rings. The van der Waals surface area contributed by atoms with Crippen molar-refractivity contribution >= 4 is 17.4 Å². The van der Waals surface area contributed by atoms with Gasteiger partial charge in [-0.25, -0.2) is 0 Å². The van der Waals surface area contributed by atoms with Crippen molar-refractivity contribution in [1.82, 2.24) is 5.32 Å². The summed E-state index contributed by atoms with van der Waals surface area (Å²) in [5.74, 6) is 1.02. The van der Waals surface area contributed by atoms with E-state index in [2.05, 4.69) is 10.5 Å². The van der Waals surface area contributed by atoms with Gasteiger partial charge in [0.1, 0.15) is 0 Å². The number of aliphatic hydroxyl groups excluding tert-OH is 1. The lowest BCUT2D eigenvalue weighted by atomic mass is 9.97. The zero-order valence-corrected chi connectivity index (χ0v) is 12.7. The van der Waals surface area contributed by atoms with Crippen molar-refractivity contribution in [3.63, 3.8) is 0 Å².